The highest BCUT2D eigenvalue weighted by Gasteiger charge is 2.65. The highest BCUT2D eigenvalue weighted by molar-refractivity contribution is 7.97. The second kappa shape index (κ2) is 11.8. The van der Waals surface area contributed by atoms with Crippen LogP contribution in [0.4, 0.5) is 0 Å². The number of hydrogen-bond donors (Lipinski definition) is 0. The molecule has 0 saturated carbocycles. The standard InChI is InChI=1S/C37H30P.ClH/c1-7-19-31(20-8-1)37(32-21-9-2-10-22-32,33-23-11-3-12-24-33)38(34-25-13-4-14-26-34,35-27-15-5-16-28-35)36-29-17-6-18-30-36;/h1-30H;1H/q+1;/p-1. The third kappa shape index (κ3) is 4.41. The van der Waals surface area contributed by atoms with Crippen LogP contribution >= 0.6 is 7.26 Å². The molecule has 0 saturated heterocycles. The first-order valence-corrected chi connectivity index (χ1v) is 14.9. The van der Waals surface area contributed by atoms with E-state index in [1.54, 1.807) is 0 Å². The van der Waals surface area contributed by atoms with E-state index >= 15 is 0 Å². The van der Waals surface area contributed by atoms with Gasteiger partial charge in [-0.15, -0.1) is 0 Å². The van der Waals surface area contributed by atoms with E-state index < -0.39 is 12.4 Å². The second-order valence-electron chi connectivity index (χ2n) is 9.49. The second-order valence-corrected chi connectivity index (χ2v) is 13.0. The zero-order valence-corrected chi connectivity index (χ0v) is 23.3. The van der Waals surface area contributed by atoms with Gasteiger partial charge in [0.05, 0.1) is 0 Å². The first kappa shape index (κ1) is 26.6. The fraction of sp³-hybridized carbons (Fsp3) is 0.0270. The molecule has 0 bridgehead atoms. The Morgan fingerprint density at radius 2 is 0.487 bits per heavy atom. The van der Waals surface area contributed by atoms with Crippen LogP contribution < -0.4 is 28.3 Å². The summed E-state index contributed by atoms with van der Waals surface area (Å²) in [5.74, 6) is 0. The molecule has 0 unspecified atom stereocenters. The largest absolute Gasteiger partial charge is 1.00 e. The average Bonchev–Trinajstić information content (AvgIpc) is 3.02. The van der Waals surface area contributed by atoms with Gasteiger partial charge in [-0.2, -0.15) is 0 Å². The summed E-state index contributed by atoms with van der Waals surface area (Å²) < 4.78 is 0. The normalized spacial score (nSPS) is 11.4. The van der Waals surface area contributed by atoms with Crippen molar-refractivity contribution in [1.29, 1.82) is 0 Å². The molecule has 0 heterocycles. The molecule has 0 aromatic heterocycles. The molecular formula is C37H30ClP. The SMILES string of the molecule is [Cl-].c1ccc(C(c2ccccc2)(c2ccccc2)[P+](c2ccccc2)(c2ccccc2)c2ccccc2)cc1. The Balaban J connectivity index is 0.00000308. The molecular weight excluding hydrogens is 511 g/mol. The lowest BCUT2D eigenvalue weighted by molar-refractivity contribution is -0.00000722. The lowest BCUT2D eigenvalue weighted by Crippen LogP contribution is -3.00. The van der Waals surface area contributed by atoms with Gasteiger partial charge in [-0.25, -0.2) is 0 Å². The van der Waals surface area contributed by atoms with Gasteiger partial charge in [0.25, 0.3) is 0 Å². The Labute approximate surface area is 238 Å². The molecule has 0 nitrogen and oxygen atoms in total. The number of hydrogen-bond acceptors (Lipinski definition) is 0. The average molecular weight is 541 g/mol. The maximum Gasteiger partial charge on any atom is 0.168 e. The summed E-state index contributed by atoms with van der Waals surface area (Å²) in [6.45, 7) is 0. The third-order valence-corrected chi connectivity index (χ3v) is 12.5. The van der Waals surface area contributed by atoms with Crippen LogP contribution in [0.1, 0.15) is 16.7 Å². The van der Waals surface area contributed by atoms with Crippen LogP contribution in [0, 0.1) is 0 Å². The highest BCUT2D eigenvalue weighted by Crippen LogP contribution is 2.74. The van der Waals surface area contributed by atoms with Crippen molar-refractivity contribution < 1.29 is 12.4 Å². The Bertz CT molecular complexity index is 1250. The molecule has 6 aromatic carbocycles. The molecule has 0 aliphatic carbocycles. The first-order valence-electron chi connectivity index (χ1n) is 13.1. The van der Waals surface area contributed by atoms with E-state index in [1.807, 2.05) is 0 Å². The minimum Gasteiger partial charge on any atom is -1.00 e. The minimum atomic E-state index is -2.46. The number of benzene rings is 6. The van der Waals surface area contributed by atoms with Crippen molar-refractivity contribution in [3.63, 3.8) is 0 Å². The predicted octanol–water partition coefficient (Wildman–Crippen LogP) is 4.98. The van der Waals surface area contributed by atoms with Gasteiger partial charge in [0.15, 0.2) is 5.16 Å². The molecule has 0 aliphatic rings. The molecule has 6 rings (SSSR count). The van der Waals surface area contributed by atoms with E-state index in [9.17, 15) is 0 Å². The van der Waals surface area contributed by atoms with Crippen LogP contribution in [-0.2, 0) is 5.16 Å². The van der Waals surface area contributed by atoms with E-state index in [0.29, 0.717) is 0 Å². The Kier molecular flexibility index (Phi) is 8.08. The first-order chi connectivity index (χ1) is 18.9. The maximum absolute atomic E-state index is 2.46. The molecule has 0 aliphatic heterocycles. The molecule has 0 spiro atoms. The zero-order chi connectivity index (χ0) is 25.7. The highest BCUT2D eigenvalue weighted by atomic mass is 35.5. The number of rotatable bonds is 7. The Morgan fingerprint density at radius 1 is 0.282 bits per heavy atom. The van der Waals surface area contributed by atoms with Gasteiger partial charge in [-0.1, -0.05) is 146 Å². The molecule has 2 heteroatoms. The number of halogens is 1. The van der Waals surface area contributed by atoms with Gasteiger partial charge in [-0.3, -0.25) is 0 Å². The summed E-state index contributed by atoms with van der Waals surface area (Å²) in [5, 5.41) is 3.58. The van der Waals surface area contributed by atoms with Crippen molar-refractivity contribution in [2.45, 2.75) is 5.16 Å². The van der Waals surface area contributed by atoms with Crippen LogP contribution in [-0.4, -0.2) is 0 Å². The van der Waals surface area contributed by atoms with Crippen molar-refractivity contribution >= 4 is 23.2 Å². The van der Waals surface area contributed by atoms with Crippen LogP contribution in [0.25, 0.3) is 0 Å². The van der Waals surface area contributed by atoms with Crippen LogP contribution in [0.3, 0.4) is 0 Å². The molecule has 6 aromatic rings. The zero-order valence-electron chi connectivity index (χ0n) is 21.6. The summed E-state index contributed by atoms with van der Waals surface area (Å²) in [6, 6.07) is 67.1. The van der Waals surface area contributed by atoms with Crippen LogP contribution in [0.2, 0.25) is 0 Å². The van der Waals surface area contributed by atoms with Gasteiger partial charge in [0, 0.05) is 16.7 Å². The summed E-state index contributed by atoms with van der Waals surface area (Å²) in [5.41, 5.74) is 3.88. The van der Waals surface area contributed by atoms with E-state index in [-0.39, 0.29) is 12.4 Å². The van der Waals surface area contributed by atoms with Gasteiger partial charge >= 0.3 is 0 Å². The van der Waals surface area contributed by atoms with E-state index in [4.69, 9.17) is 0 Å². The molecule has 0 radical (unpaired) electrons. The third-order valence-electron chi connectivity index (χ3n) is 7.51. The summed E-state index contributed by atoms with van der Waals surface area (Å²) in [6.07, 6.45) is 0. The van der Waals surface area contributed by atoms with Gasteiger partial charge in [0.2, 0.25) is 0 Å². The van der Waals surface area contributed by atoms with Crippen LogP contribution in [0.15, 0.2) is 182 Å². The van der Waals surface area contributed by atoms with E-state index in [1.165, 1.54) is 32.6 Å². The van der Waals surface area contributed by atoms with Crippen molar-refractivity contribution in [1.82, 2.24) is 0 Å². The summed E-state index contributed by atoms with van der Waals surface area (Å²) >= 11 is 0. The van der Waals surface area contributed by atoms with Crippen molar-refractivity contribution in [2.24, 2.45) is 0 Å². The molecule has 0 fully saturated rings. The fourth-order valence-electron chi connectivity index (χ4n) is 6.10. The van der Waals surface area contributed by atoms with Gasteiger partial charge in [0.1, 0.15) is 23.2 Å². The summed E-state index contributed by atoms with van der Waals surface area (Å²) in [7, 11) is -2.46. The molecule has 0 N–H and O–H groups in total. The maximum atomic E-state index is 2.34. The Hall–Kier alpha value is -3.96. The quantitative estimate of drug-likeness (QED) is 0.198. The van der Waals surface area contributed by atoms with Crippen molar-refractivity contribution in [3.05, 3.63) is 199 Å². The lowest BCUT2D eigenvalue weighted by atomic mass is 9.84. The van der Waals surface area contributed by atoms with Crippen LogP contribution in [0.5, 0.6) is 0 Å². The van der Waals surface area contributed by atoms with E-state index in [0.717, 1.165) is 0 Å². The topological polar surface area (TPSA) is 0 Å². The lowest BCUT2D eigenvalue weighted by Gasteiger charge is -2.46. The van der Waals surface area contributed by atoms with Crippen molar-refractivity contribution in [3.8, 4) is 0 Å². The van der Waals surface area contributed by atoms with Gasteiger partial charge < -0.3 is 12.4 Å². The monoisotopic (exact) mass is 540 g/mol. The van der Waals surface area contributed by atoms with E-state index in [2.05, 4.69) is 182 Å². The smallest absolute Gasteiger partial charge is 0.168 e. The molecule has 190 valence electrons. The fourth-order valence-corrected chi connectivity index (χ4v) is 11.6. The Morgan fingerprint density at radius 3 is 0.718 bits per heavy atom. The molecule has 0 atom stereocenters. The molecule has 39 heavy (non-hydrogen) atoms. The predicted molar refractivity (Wildman–Crippen MR) is 164 cm³/mol. The van der Waals surface area contributed by atoms with Crippen molar-refractivity contribution in [2.75, 3.05) is 0 Å². The minimum absolute atomic E-state index is 0. The molecule has 0 amide bonds. The van der Waals surface area contributed by atoms with Gasteiger partial charge in [-0.05, 0) is 36.4 Å². The summed E-state index contributed by atoms with van der Waals surface area (Å²) in [4.78, 5) is 0.